The van der Waals surface area contributed by atoms with Crippen LogP contribution in [-0.2, 0) is 16.1 Å². The van der Waals surface area contributed by atoms with Crippen LogP contribution in [0.15, 0.2) is 18.3 Å². The van der Waals surface area contributed by atoms with E-state index in [2.05, 4.69) is 9.88 Å². The second-order valence-corrected chi connectivity index (χ2v) is 4.66. The summed E-state index contributed by atoms with van der Waals surface area (Å²) in [6.07, 6.45) is 3.55. The number of carbonyl (C=O) groups is 1. The normalized spacial score (nSPS) is 17.6. The van der Waals surface area contributed by atoms with Crippen molar-refractivity contribution in [3.63, 3.8) is 0 Å². The van der Waals surface area contributed by atoms with Gasteiger partial charge in [0.15, 0.2) is 0 Å². The molecule has 1 aromatic rings. The summed E-state index contributed by atoms with van der Waals surface area (Å²) in [5.41, 5.74) is 6.70. The van der Waals surface area contributed by atoms with Crippen molar-refractivity contribution >= 4 is 11.8 Å². The van der Waals surface area contributed by atoms with Crippen molar-refractivity contribution in [2.45, 2.75) is 19.4 Å². The van der Waals surface area contributed by atoms with Gasteiger partial charge in [-0.25, -0.2) is 4.98 Å². The zero-order valence-corrected chi connectivity index (χ0v) is 10.6. The summed E-state index contributed by atoms with van der Waals surface area (Å²) in [5, 5.41) is 0. The fourth-order valence-electron chi connectivity index (χ4n) is 2.28. The number of nitrogens with zero attached hydrogens (tertiary/aromatic N) is 2. The summed E-state index contributed by atoms with van der Waals surface area (Å²) >= 11 is 0. The minimum Gasteiger partial charge on any atom is -0.469 e. The Bertz CT molecular complexity index is 397. The summed E-state index contributed by atoms with van der Waals surface area (Å²) in [6, 6.07) is 3.81. The number of hydrogen-bond acceptors (Lipinski definition) is 5. The smallest absolute Gasteiger partial charge is 0.308 e. The van der Waals surface area contributed by atoms with E-state index in [9.17, 15) is 4.79 Å². The lowest BCUT2D eigenvalue weighted by Crippen LogP contribution is -2.36. The van der Waals surface area contributed by atoms with E-state index < -0.39 is 0 Å². The number of anilines is 1. The second-order valence-electron chi connectivity index (χ2n) is 4.66. The minimum absolute atomic E-state index is 0.0655. The molecule has 0 saturated carbocycles. The lowest BCUT2D eigenvalue weighted by molar-refractivity contribution is -0.147. The Morgan fingerprint density at radius 1 is 1.50 bits per heavy atom. The summed E-state index contributed by atoms with van der Waals surface area (Å²) in [4.78, 5) is 17.8. The molecule has 1 aliphatic rings. The molecular weight excluding hydrogens is 230 g/mol. The topological polar surface area (TPSA) is 68.5 Å². The predicted molar refractivity (Wildman–Crippen MR) is 68.7 cm³/mol. The van der Waals surface area contributed by atoms with Crippen molar-refractivity contribution in [3.8, 4) is 0 Å². The van der Waals surface area contributed by atoms with E-state index >= 15 is 0 Å². The highest BCUT2D eigenvalue weighted by Crippen LogP contribution is 2.19. The summed E-state index contributed by atoms with van der Waals surface area (Å²) < 4.78 is 4.78. The largest absolute Gasteiger partial charge is 0.469 e. The van der Waals surface area contributed by atoms with Gasteiger partial charge in [-0.05, 0) is 37.6 Å². The van der Waals surface area contributed by atoms with E-state index in [1.54, 1.807) is 0 Å². The number of aromatic nitrogens is 1. The van der Waals surface area contributed by atoms with Crippen LogP contribution in [0.25, 0.3) is 0 Å². The van der Waals surface area contributed by atoms with Crippen molar-refractivity contribution in [2.75, 3.05) is 25.9 Å². The standard InChI is InChI=1S/C13H19N3O2/c1-18-13(17)11-4-6-16(7-5-11)9-10-2-3-12(14)15-8-10/h2-3,8,11H,4-7,9H2,1H3,(H2,14,15). The third kappa shape index (κ3) is 3.20. The van der Waals surface area contributed by atoms with Crippen LogP contribution in [0.1, 0.15) is 18.4 Å². The van der Waals surface area contributed by atoms with Gasteiger partial charge in [-0.2, -0.15) is 0 Å². The Labute approximate surface area is 107 Å². The first-order chi connectivity index (χ1) is 8.69. The molecule has 0 amide bonds. The van der Waals surface area contributed by atoms with Gasteiger partial charge in [-0.3, -0.25) is 9.69 Å². The maximum absolute atomic E-state index is 11.4. The van der Waals surface area contributed by atoms with Crippen LogP contribution in [0.3, 0.4) is 0 Å². The molecule has 5 nitrogen and oxygen atoms in total. The van der Waals surface area contributed by atoms with Crippen molar-refractivity contribution in [1.82, 2.24) is 9.88 Å². The zero-order chi connectivity index (χ0) is 13.0. The van der Waals surface area contributed by atoms with Gasteiger partial charge in [-0.1, -0.05) is 6.07 Å². The van der Waals surface area contributed by atoms with Crippen molar-refractivity contribution < 1.29 is 9.53 Å². The van der Waals surface area contributed by atoms with E-state index in [0.717, 1.165) is 38.0 Å². The number of carbonyl (C=O) groups excluding carboxylic acids is 1. The van der Waals surface area contributed by atoms with Gasteiger partial charge in [0.05, 0.1) is 13.0 Å². The maximum Gasteiger partial charge on any atom is 0.308 e. The molecule has 0 bridgehead atoms. The number of piperidine rings is 1. The Hall–Kier alpha value is -1.62. The lowest BCUT2D eigenvalue weighted by atomic mass is 9.97. The van der Waals surface area contributed by atoms with Gasteiger partial charge in [0.2, 0.25) is 0 Å². The number of ether oxygens (including phenoxy) is 1. The molecule has 2 N–H and O–H groups in total. The maximum atomic E-state index is 11.4. The van der Waals surface area contributed by atoms with Crippen LogP contribution in [0.2, 0.25) is 0 Å². The van der Waals surface area contributed by atoms with E-state index in [-0.39, 0.29) is 11.9 Å². The summed E-state index contributed by atoms with van der Waals surface area (Å²) in [5.74, 6) is 0.530. The SMILES string of the molecule is COC(=O)C1CCN(Cc2ccc(N)nc2)CC1. The number of likely N-dealkylation sites (tertiary alicyclic amines) is 1. The van der Waals surface area contributed by atoms with Crippen molar-refractivity contribution in [3.05, 3.63) is 23.9 Å². The molecule has 5 heteroatoms. The molecule has 98 valence electrons. The predicted octanol–water partition coefficient (Wildman–Crippen LogP) is 1.05. The first-order valence-electron chi connectivity index (χ1n) is 6.19. The van der Waals surface area contributed by atoms with Gasteiger partial charge in [0.25, 0.3) is 0 Å². The van der Waals surface area contributed by atoms with Gasteiger partial charge < -0.3 is 10.5 Å². The minimum atomic E-state index is -0.0798. The molecule has 2 rings (SSSR count). The molecular formula is C13H19N3O2. The number of nitrogen functional groups attached to an aromatic ring is 1. The molecule has 1 saturated heterocycles. The molecule has 1 aromatic heterocycles. The highest BCUT2D eigenvalue weighted by Gasteiger charge is 2.25. The Kier molecular flexibility index (Phi) is 4.15. The van der Waals surface area contributed by atoms with E-state index in [1.807, 2.05) is 18.3 Å². The van der Waals surface area contributed by atoms with Gasteiger partial charge >= 0.3 is 5.97 Å². The van der Waals surface area contributed by atoms with Crippen LogP contribution in [-0.4, -0.2) is 36.1 Å². The molecule has 0 spiro atoms. The number of pyridine rings is 1. The van der Waals surface area contributed by atoms with Crippen LogP contribution >= 0.6 is 0 Å². The van der Waals surface area contributed by atoms with Crippen LogP contribution in [0.4, 0.5) is 5.82 Å². The number of esters is 1. The molecule has 0 unspecified atom stereocenters. The van der Waals surface area contributed by atoms with E-state index in [4.69, 9.17) is 10.5 Å². The highest BCUT2D eigenvalue weighted by atomic mass is 16.5. The summed E-state index contributed by atoms with van der Waals surface area (Å²) in [7, 11) is 1.45. The third-order valence-electron chi connectivity index (χ3n) is 3.38. The summed E-state index contributed by atoms with van der Waals surface area (Å²) in [6.45, 7) is 2.70. The molecule has 0 radical (unpaired) electrons. The molecule has 2 heterocycles. The fourth-order valence-corrected chi connectivity index (χ4v) is 2.28. The number of rotatable bonds is 3. The number of methoxy groups -OCH3 is 1. The second kappa shape index (κ2) is 5.82. The monoisotopic (exact) mass is 249 g/mol. The average Bonchev–Trinajstić information content (AvgIpc) is 2.41. The molecule has 0 aliphatic carbocycles. The number of hydrogen-bond donors (Lipinski definition) is 1. The van der Waals surface area contributed by atoms with Crippen molar-refractivity contribution in [2.24, 2.45) is 5.92 Å². The van der Waals surface area contributed by atoms with E-state index in [1.165, 1.54) is 7.11 Å². The zero-order valence-electron chi connectivity index (χ0n) is 10.6. The number of nitrogens with two attached hydrogens (primary N) is 1. The molecule has 0 aromatic carbocycles. The quantitative estimate of drug-likeness (QED) is 0.811. The van der Waals surface area contributed by atoms with E-state index in [0.29, 0.717) is 5.82 Å². The molecule has 18 heavy (non-hydrogen) atoms. The average molecular weight is 249 g/mol. The Balaban J connectivity index is 1.83. The lowest BCUT2D eigenvalue weighted by Gasteiger charge is -2.30. The Morgan fingerprint density at radius 3 is 2.78 bits per heavy atom. The molecule has 0 atom stereocenters. The van der Waals surface area contributed by atoms with Gasteiger partial charge in [0, 0.05) is 12.7 Å². The Morgan fingerprint density at radius 2 is 2.22 bits per heavy atom. The van der Waals surface area contributed by atoms with Crippen molar-refractivity contribution in [1.29, 1.82) is 0 Å². The first kappa shape index (κ1) is 12.8. The molecule has 1 aliphatic heterocycles. The van der Waals surface area contributed by atoms with Crippen LogP contribution in [0, 0.1) is 5.92 Å². The van der Waals surface area contributed by atoms with Gasteiger partial charge in [0.1, 0.15) is 5.82 Å². The first-order valence-corrected chi connectivity index (χ1v) is 6.19. The fraction of sp³-hybridized carbons (Fsp3) is 0.538. The van der Waals surface area contributed by atoms with Gasteiger partial charge in [-0.15, -0.1) is 0 Å². The third-order valence-corrected chi connectivity index (χ3v) is 3.38. The molecule has 1 fully saturated rings. The van der Waals surface area contributed by atoms with Crippen LogP contribution < -0.4 is 5.73 Å². The highest BCUT2D eigenvalue weighted by molar-refractivity contribution is 5.72. The van der Waals surface area contributed by atoms with Crippen LogP contribution in [0.5, 0.6) is 0 Å².